The standard InChI is InChI=1S/C24H26N2O4/c1-15-13-19(16(2)26(15)11-12-29-3)22(27)14-30-24(28)23-17-7-4-5-9-20(17)25-21-10-6-8-18(21)23/h4-5,7,9,13H,6,8,10-12,14H2,1-3H3. The van der Waals surface area contributed by atoms with Crippen LogP contribution in [-0.2, 0) is 28.9 Å². The molecule has 3 aromatic rings. The van der Waals surface area contributed by atoms with Gasteiger partial charge in [-0.15, -0.1) is 0 Å². The number of fused-ring (bicyclic) bond motifs is 2. The van der Waals surface area contributed by atoms with E-state index in [1.807, 2.05) is 48.7 Å². The van der Waals surface area contributed by atoms with Gasteiger partial charge in [0.15, 0.2) is 6.61 Å². The molecule has 0 fully saturated rings. The Balaban J connectivity index is 1.56. The Morgan fingerprint density at radius 1 is 1.17 bits per heavy atom. The molecule has 0 atom stereocenters. The fourth-order valence-corrected chi connectivity index (χ4v) is 4.34. The number of rotatable bonds is 7. The van der Waals surface area contributed by atoms with Crippen molar-refractivity contribution < 1.29 is 19.1 Å². The Kier molecular flexibility index (Phi) is 5.68. The Labute approximate surface area is 175 Å². The first-order chi connectivity index (χ1) is 14.5. The molecule has 0 spiro atoms. The predicted octanol–water partition coefficient (Wildman–Crippen LogP) is 3.83. The maximum Gasteiger partial charge on any atom is 0.339 e. The number of Topliss-reactive ketones (excluding diaryl/α,β-unsaturated/α-hetero) is 1. The van der Waals surface area contributed by atoms with Crippen LogP contribution in [0.15, 0.2) is 30.3 Å². The number of esters is 1. The normalized spacial score (nSPS) is 12.9. The average molecular weight is 406 g/mol. The van der Waals surface area contributed by atoms with E-state index in [1.165, 1.54) is 0 Å². The molecule has 6 nitrogen and oxygen atoms in total. The Morgan fingerprint density at radius 2 is 1.97 bits per heavy atom. The molecular formula is C24H26N2O4. The molecular weight excluding hydrogens is 380 g/mol. The molecule has 0 bridgehead atoms. The molecule has 156 valence electrons. The van der Waals surface area contributed by atoms with Crippen molar-refractivity contribution in [3.8, 4) is 0 Å². The lowest BCUT2D eigenvalue weighted by Gasteiger charge is -2.12. The van der Waals surface area contributed by atoms with Gasteiger partial charge in [-0.1, -0.05) is 18.2 Å². The number of nitrogens with zero attached hydrogens (tertiary/aromatic N) is 2. The summed E-state index contributed by atoms with van der Waals surface area (Å²) >= 11 is 0. The van der Waals surface area contributed by atoms with Crippen LogP contribution in [0, 0.1) is 13.8 Å². The van der Waals surface area contributed by atoms with E-state index in [-0.39, 0.29) is 12.4 Å². The molecule has 30 heavy (non-hydrogen) atoms. The van der Waals surface area contributed by atoms with Crippen molar-refractivity contribution in [2.75, 3.05) is 20.3 Å². The van der Waals surface area contributed by atoms with Crippen LogP contribution >= 0.6 is 0 Å². The number of ketones is 1. The SMILES string of the molecule is COCCn1c(C)cc(C(=O)COC(=O)c2c3c(nc4ccccc24)CCC3)c1C. The van der Waals surface area contributed by atoms with Crippen LogP contribution in [0.5, 0.6) is 0 Å². The fraction of sp³-hybridized carbons (Fsp3) is 0.375. The van der Waals surface area contributed by atoms with Crippen molar-refractivity contribution in [1.82, 2.24) is 9.55 Å². The monoisotopic (exact) mass is 406 g/mol. The number of methoxy groups -OCH3 is 1. The Hall–Kier alpha value is -2.99. The topological polar surface area (TPSA) is 70.4 Å². The summed E-state index contributed by atoms with van der Waals surface area (Å²) in [5.74, 6) is -0.650. The zero-order chi connectivity index (χ0) is 21.3. The molecule has 2 aromatic heterocycles. The molecule has 0 radical (unpaired) electrons. The summed E-state index contributed by atoms with van der Waals surface area (Å²) in [6.07, 6.45) is 2.66. The lowest BCUT2D eigenvalue weighted by molar-refractivity contribution is 0.0475. The van der Waals surface area contributed by atoms with Gasteiger partial charge in [0.25, 0.3) is 0 Å². The minimum Gasteiger partial charge on any atom is -0.454 e. The third kappa shape index (κ3) is 3.63. The second-order valence-electron chi connectivity index (χ2n) is 7.71. The van der Waals surface area contributed by atoms with Gasteiger partial charge in [0.1, 0.15) is 0 Å². The molecule has 0 saturated heterocycles. The van der Waals surface area contributed by atoms with E-state index < -0.39 is 5.97 Å². The van der Waals surface area contributed by atoms with E-state index in [9.17, 15) is 9.59 Å². The number of ether oxygens (including phenoxy) is 2. The minimum atomic E-state index is -0.451. The van der Waals surface area contributed by atoms with Crippen LogP contribution in [0.3, 0.4) is 0 Å². The van der Waals surface area contributed by atoms with E-state index >= 15 is 0 Å². The van der Waals surface area contributed by atoms with Crippen LogP contribution < -0.4 is 0 Å². The van der Waals surface area contributed by atoms with Crippen molar-refractivity contribution in [1.29, 1.82) is 0 Å². The summed E-state index contributed by atoms with van der Waals surface area (Å²) in [5, 5.41) is 0.786. The third-order valence-electron chi connectivity index (χ3n) is 5.85. The van der Waals surface area contributed by atoms with Gasteiger partial charge in [-0.05, 0) is 50.8 Å². The smallest absolute Gasteiger partial charge is 0.339 e. The Morgan fingerprint density at radius 3 is 2.77 bits per heavy atom. The highest BCUT2D eigenvalue weighted by Crippen LogP contribution is 2.30. The highest BCUT2D eigenvalue weighted by Gasteiger charge is 2.25. The van der Waals surface area contributed by atoms with Gasteiger partial charge < -0.3 is 14.0 Å². The van der Waals surface area contributed by atoms with Crippen LogP contribution in [0.4, 0.5) is 0 Å². The second kappa shape index (κ2) is 8.40. The lowest BCUT2D eigenvalue weighted by Crippen LogP contribution is -2.17. The lowest BCUT2D eigenvalue weighted by atomic mass is 10.0. The van der Waals surface area contributed by atoms with Crippen molar-refractivity contribution in [2.45, 2.75) is 39.7 Å². The molecule has 0 N–H and O–H groups in total. The molecule has 1 aromatic carbocycles. The van der Waals surface area contributed by atoms with Crippen molar-refractivity contribution in [3.63, 3.8) is 0 Å². The quantitative estimate of drug-likeness (QED) is 0.441. The average Bonchev–Trinajstić information content (AvgIpc) is 3.32. The summed E-state index contributed by atoms with van der Waals surface area (Å²) in [6, 6.07) is 9.45. The summed E-state index contributed by atoms with van der Waals surface area (Å²) in [7, 11) is 1.65. The zero-order valence-corrected chi connectivity index (χ0v) is 17.7. The molecule has 4 rings (SSSR count). The van der Waals surface area contributed by atoms with Gasteiger partial charge in [0, 0.05) is 41.7 Å². The van der Waals surface area contributed by atoms with Gasteiger partial charge >= 0.3 is 5.97 Å². The number of hydrogen-bond acceptors (Lipinski definition) is 5. The zero-order valence-electron chi connectivity index (χ0n) is 17.7. The molecule has 0 saturated carbocycles. The van der Waals surface area contributed by atoms with Crippen LogP contribution in [0.25, 0.3) is 10.9 Å². The number of aromatic nitrogens is 2. The molecule has 0 unspecified atom stereocenters. The molecule has 6 heteroatoms. The number of pyridine rings is 1. The molecule has 2 heterocycles. The number of carbonyl (C=O) groups is 2. The molecule has 1 aliphatic carbocycles. The van der Waals surface area contributed by atoms with E-state index in [0.717, 1.165) is 52.8 Å². The van der Waals surface area contributed by atoms with Crippen LogP contribution in [-0.4, -0.2) is 41.6 Å². The van der Waals surface area contributed by atoms with Crippen molar-refractivity contribution in [3.05, 3.63) is 64.1 Å². The summed E-state index contributed by atoms with van der Waals surface area (Å²) in [6.45, 7) is 4.83. The predicted molar refractivity (Wildman–Crippen MR) is 114 cm³/mol. The van der Waals surface area contributed by atoms with Gasteiger partial charge in [-0.25, -0.2) is 4.79 Å². The molecule has 1 aliphatic rings. The molecule has 0 amide bonds. The summed E-state index contributed by atoms with van der Waals surface area (Å²) in [4.78, 5) is 30.5. The third-order valence-corrected chi connectivity index (χ3v) is 5.85. The van der Waals surface area contributed by atoms with Crippen LogP contribution in [0.2, 0.25) is 0 Å². The van der Waals surface area contributed by atoms with Crippen LogP contribution in [0.1, 0.15) is 49.8 Å². The van der Waals surface area contributed by atoms with E-state index in [1.54, 1.807) is 7.11 Å². The molecule has 0 aliphatic heterocycles. The first kappa shape index (κ1) is 20.3. The highest BCUT2D eigenvalue weighted by atomic mass is 16.5. The maximum absolute atomic E-state index is 13.0. The van der Waals surface area contributed by atoms with Gasteiger partial charge in [0.05, 0.1) is 17.7 Å². The number of benzene rings is 1. The number of carbonyl (C=O) groups excluding carboxylic acids is 2. The van der Waals surface area contributed by atoms with Crippen molar-refractivity contribution in [2.24, 2.45) is 0 Å². The first-order valence-corrected chi connectivity index (χ1v) is 10.3. The number of para-hydroxylation sites is 1. The van der Waals surface area contributed by atoms with E-state index in [2.05, 4.69) is 0 Å². The highest BCUT2D eigenvalue weighted by molar-refractivity contribution is 6.06. The van der Waals surface area contributed by atoms with Crippen molar-refractivity contribution >= 4 is 22.7 Å². The van der Waals surface area contributed by atoms with Gasteiger partial charge in [0.2, 0.25) is 5.78 Å². The largest absolute Gasteiger partial charge is 0.454 e. The number of hydrogen-bond donors (Lipinski definition) is 0. The number of aryl methyl sites for hydroxylation is 2. The minimum absolute atomic E-state index is 0.199. The van der Waals surface area contributed by atoms with E-state index in [4.69, 9.17) is 14.5 Å². The second-order valence-corrected chi connectivity index (χ2v) is 7.71. The maximum atomic E-state index is 13.0. The Bertz CT molecular complexity index is 1130. The van der Waals surface area contributed by atoms with Gasteiger partial charge in [-0.3, -0.25) is 9.78 Å². The van der Waals surface area contributed by atoms with Gasteiger partial charge in [-0.2, -0.15) is 0 Å². The first-order valence-electron chi connectivity index (χ1n) is 10.3. The van der Waals surface area contributed by atoms with E-state index in [0.29, 0.717) is 24.3 Å². The summed E-state index contributed by atoms with van der Waals surface area (Å²) in [5.41, 5.74) is 5.71. The summed E-state index contributed by atoms with van der Waals surface area (Å²) < 4.78 is 12.7. The fourth-order valence-electron chi connectivity index (χ4n) is 4.34.